The maximum atomic E-state index is 9.39. The molecule has 0 bridgehead atoms. The van der Waals surface area contributed by atoms with E-state index in [0.29, 0.717) is 13.0 Å². The number of aliphatic hydroxyl groups is 2. The van der Waals surface area contributed by atoms with Gasteiger partial charge in [-0.15, -0.1) is 0 Å². The van der Waals surface area contributed by atoms with E-state index in [-0.39, 0.29) is 12.1 Å². The molecule has 1 fully saturated rings. The maximum absolute atomic E-state index is 9.39. The summed E-state index contributed by atoms with van der Waals surface area (Å²) in [4.78, 5) is 0. The van der Waals surface area contributed by atoms with Gasteiger partial charge >= 0.3 is 0 Å². The minimum Gasteiger partial charge on any atom is -0.389 e. The van der Waals surface area contributed by atoms with Crippen LogP contribution in [0.2, 0.25) is 0 Å². The van der Waals surface area contributed by atoms with Crippen molar-refractivity contribution in [3.8, 4) is 0 Å². The number of rotatable bonds is 2. The van der Waals surface area contributed by atoms with Crippen LogP contribution in [-0.4, -0.2) is 41.0 Å². The normalized spacial score (nSPS) is 44.7. The van der Waals surface area contributed by atoms with E-state index in [2.05, 4.69) is 5.32 Å². The molecule has 1 saturated heterocycles. The first-order chi connectivity index (χ1) is 5.16. The molecular weight excluding hydrogens is 144 g/mol. The molecular formula is C7H16N2O2. The molecule has 4 atom stereocenters. The molecule has 1 heterocycles. The Morgan fingerprint density at radius 2 is 2.00 bits per heavy atom. The summed E-state index contributed by atoms with van der Waals surface area (Å²) in [5, 5.41) is 21.8. The van der Waals surface area contributed by atoms with Crippen molar-refractivity contribution in [3.63, 3.8) is 0 Å². The lowest BCUT2D eigenvalue weighted by Crippen LogP contribution is -2.34. The SMILES string of the molecule is C[C@@H]1N[C@@H](CCN)[C@H](O)[C@@H]1O. The molecule has 0 unspecified atom stereocenters. The first kappa shape index (κ1) is 8.93. The molecule has 0 aliphatic carbocycles. The molecule has 66 valence electrons. The molecule has 11 heavy (non-hydrogen) atoms. The van der Waals surface area contributed by atoms with Gasteiger partial charge in [0.25, 0.3) is 0 Å². The largest absolute Gasteiger partial charge is 0.389 e. The number of aliphatic hydroxyl groups excluding tert-OH is 2. The zero-order valence-corrected chi connectivity index (χ0v) is 6.70. The Balaban J connectivity index is 2.45. The summed E-state index contributed by atoms with van der Waals surface area (Å²) in [5.74, 6) is 0. The Morgan fingerprint density at radius 1 is 1.36 bits per heavy atom. The average molecular weight is 160 g/mol. The van der Waals surface area contributed by atoms with Crippen molar-refractivity contribution in [2.24, 2.45) is 5.73 Å². The van der Waals surface area contributed by atoms with Gasteiger partial charge in [0.2, 0.25) is 0 Å². The van der Waals surface area contributed by atoms with E-state index in [1.165, 1.54) is 0 Å². The predicted octanol–water partition coefficient (Wildman–Crippen LogP) is -1.58. The highest BCUT2D eigenvalue weighted by Crippen LogP contribution is 2.15. The summed E-state index contributed by atoms with van der Waals surface area (Å²) < 4.78 is 0. The summed E-state index contributed by atoms with van der Waals surface area (Å²) in [6, 6.07) is -0.0634. The number of hydrogen-bond donors (Lipinski definition) is 4. The molecule has 1 rings (SSSR count). The van der Waals surface area contributed by atoms with Gasteiger partial charge in [0.1, 0.15) is 0 Å². The van der Waals surface area contributed by atoms with Crippen molar-refractivity contribution in [1.29, 1.82) is 0 Å². The predicted molar refractivity (Wildman–Crippen MR) is 42.1 cm³/mol. The average Bonchev–Trinajstić information content (AvgIpc) is 2.19. The van der Waals surface area contributed by atoms with Crippen LogP contribution in [0, 0.1) is 0 Å². The van der Waals surface area contributed by atoms with E-state index in [1.54, 1.807) is 0 Å². The van der Waals surface area contributed by atoms with Crippen LogP contribution < -0.4 is 11.1 Å². The van der Waals surface area contributed by atoms with Crippen LogP contribution in [0.3, 0.4) is 0 Å². The third kappa shape index (κ3) is 1.70. The van der Waals surface area contributed by atoms with Gasteiger partial charge in [-0.1, -0.05) is 0 Å². The zero-order valence-electron chi connectivity index (χ0n) is 6.70. The zero-order chi connectivity index (χ0) is 8.43. The third-order valence-electron chi connectivity index (χ3n) is 2.23. The van der Waals surface area contributed by atoms with E-state index < -0.39 is 12.2 Å². The quantitative estimate of drug-likeness (QED) is 0.393. The summed E-state index contributed by atoms with van der Waals surface area (Å²) in [6.45, 7) is 2.39. The van der Waals surface area contributed by atoms with E-state index >= 15 is 0 Å². The van der Waals surface area contributed by atoms with E-state index in [4.69, 9.17) is 5.73 Å². The first-order valence-corrected chi connectivity index (χ1v) is 3.99. The molecule has 1 aliphatic rings. The first-order valence-electron chi connectivity index (χ1n) is 3.99. The van der Waals surface area contributed by atoms with E-state index in [1.807, 2.05) is 6.92 Å². The second-order valence-electron chi connectivity index (χ2n) is 3.12. The molecule has 5 N–H and O–H groups in total. The highest BCUT2D eigenvalue weighted by atomic mass is 16.3. The van der Waals surface area contributed by atoms with Gasteiger partial charge in [-0.2, -0.15) is 0 Å². The van der Waals surface area contributed by atoms with Crippen molar-refractivity contribution in [3.05, 3.63) is 0 Å². The van der Waals surface area contributed by atoms with Crippen LogP contribution in [0.4, 0.5) is 0 Å². The summed E-state index contributed by atoms with van der Waals surface area (Å²) in [6.07, 6.45) is -0.595. The van der Waals surface area contributed by atoms with Crippen LogP contribution in [0.15, 0.2) is 0 Å². The maximum Gasteiger partial charge on any atom is 0.0967 e. The molecule has 0 amide bonds. The lowest BCUT2D eigenvalue weighted by molar-refractivity contribution is 0.0296. The van der Waals surface area contributed by atoms with Crippen molar-refractivity contribution in [2.45, 2.75) is 37.6 Å². The minimum atomic E-state index is -0.659. The second-order valence-corrected chi connectivity index (χ2v) is 3.12. The van der Waals surface area contributed by atoms with Gasteiger partial charge < -0.3 is 21.3 Å². The van der Waals surface area contributed by atoms with Crippen LogP contribution in [0.1, 0.15) is 13.3 Å². The Kier molecular flexibility index (Phi) is 2.84. The summed E-state index contributed by atoms with van der Waals surface area (Å²) in [7, 11) is 0. The van der Waals surface area contributed by atoms with Crippen LogP contribution in [0.25, 0.3) is 0 Å². The topological polar surface area (TPSA) is 78.5 Å². The molecule has 0 spiro atoms. The Hall–Kier alpha value is -0.160. The molecule has 0 saturated carbocycles. The van der Waals surface area contributed by atoms with Gasteiger partial charge in [0.05, 0.1) is 12.2 Å². The van der Waals surface area contributed by atoms with Gasteiger partial charge in [0, 0.05) is 12.1 Å². The Morgan fingerprint density at radius 3 is 2.36 bits per heavy atom. The minimum absolute atomic E-state index is 0.0263. The van der Waals surface area contributed by atoms with Crippen molar-refractivity contribution < 1.29 is 10.2 Å². The number of hydrogen-bond acceptors (Lipinski definition) is 4. The number of nitrogens with two attached hydrogens (primary N) is 1. The fourth-order valence-electron chi connectivity index (χ4n) is 1.50. The second kappa shape index (κ2) is 3.49. The third-order valence-corrected chi connectivity index (χ3v) is 2.23. The van der Waals surface area contributed by atoms with Gasteiger partial charge in [-0.3, -0.25) is 0 Å². The highest BCUT2D eigenvalue weighted by molar-refractivity contribution is 4.95. The highest BCUT2D eigenvalue weighted by Gasteiger charge is 2.37. The van der Waals surface area contributed by atoms with E-state index in [9.17, 15) is 10.2 Å². The summed E-state index contributed by atoms with van der Waals surface area (Å²) >= 11 is 0. The van der Waals surface area contributed by atoms with Gasteiger partial charge in [-0.05, 0) is 19.9 Å². The van der Waals surface area contributed by atoms with Gasteiger partial charge in [0.15, 0.2) is 0 Å². The molecule has 4 nitrogen and oxygen atoms in total. The summed E-state index contributed by atoms with van der Waals surface area (Å²) in [5.41, 5.74) is 5.33. The smallest absolute Gasteiger partial charge is 0.0967 e. The lowest BCUT2D eigenvalue weighted by atomic mass is 10.1. The fraction of sp³-hybridized carbons (Fsp3) is 1.00. The molecule has 0 aromatic rings. The van der Waals surface area contributed by atoms with Crippen molar-refractivity contribution in [2.75, 3.05) is 6.54 Å². The van der Waals surface area contributed by atoms with E-state index in [0.717, 1.165) is 0 Å². The van der Waals surface area contributed by atoms with Crippen molar-refractivity contribution >= 4 is 0 Å². The molecule has 4 heteroatoms. The Bertz CT molecular complexity index is 132. The Labute approximate surface area is 66.4 Å². The monoisotopic (exact) mass is 160 g/mol. The molecule has 0 aromatic carbocycles. The lowest BCUT2D eigenvalue weighted by Gasteiger charge is -2.13. The van der Waals surface area contributed by atoms with Crippen LogP contribution in [-0.2, 0) is 0 Å². The fourth-order valence-corrected chi connectivity index (χ4v) is 1.50. The van der Waals surface area contributed by atoms with Crippen molar-refractivity contribution in [1.82, 2.24) is 5.32 Å². The van der Waals surface area contributed by atoms with Gasteiger partial charge in [-0.25, -0.2) is 0 Å². The number of nitrogens with one attached hydrogen (secondary N) is 1. The molecule has 1 aliphatic heterocycles. The van der Waals surface area contributed by atoms with Crippen LogP contribution in [0.5, 0.6) is 0 Å². The molecule has 0 aromatic heterocycles. The van der Waals surface area contributed by atoms with Crippen LogP contribution >= 0.6 is 0 Å². The standard InChI is InChI=1S/C7H16N2O2/c1-4-6(10)7(11)5(9-4)2-3-8/h4-7,9-11H,2-3,8H2,1H3/t4-,5-,6+,7-/m0/s1. The molecule has 0 radical (unpaired) electrons.